The van der Waals surface area contributed by atoms with Crippen LogP contribution in [0.5, 0.6) is 0 Å². The highest BCUT2D eigenvalue weighted by Crippen LogP contribution is 2.55. The Morgan fingerprint density at radius 2 is 1.57 bits per heavy atom. The summed E-state index contributed by atoms with van der Waals surface area (Å²) in [6.07, 6.45) is 7.46. The molecule has 1 amide bonds. The number of hydrogen-bond donors (Lipinski definition) is 1. The number of carbonyl (C=O) groups excluding carboxylic acids is 1. The molecule has 0 spiro atoms. The minimum absolute atomic E-state index is 0.0249. The number of benzene rings is 2. The lowest BCUT2D eigenvalue weighted by Crippen LogP contribution is -2.59. The second-order valence-corrected chi connectivity index (χ2v) is 11.9. The maximum Gasteiger partial charge on any atom is 0.273 e. The van der Waals surface area contributed by atoms with Gasteiger partial charge in [-0.1, -0.05) is 47.6 Å². The fraction of sp³-hybridized carbons (Fsp3) is 0.484. The summed E-state index contributed by atoms with van der Waals surface area (Å²) in [6, 6.07) is 18.8. The summed E-state index contributed by atoms with van der Waals surface area (Å²) in [6.45, 7) is 4.54. The van der Waals surface area contributed by atoms with Crippen molar-refractivity contribution in [3.05, 3.63) is 65.9 Å². The van der Waals surface area contributed by atoms with Gasteiger partial charge in [0.25, 0.3) is 5.91 Å². The SMILES string of the molecule is O=C(NC12CC3CC(CC(C3)C1)C2)c1cc(-c2ccc(-c3cccc(CN4CCOCC4)c3)cc2)on1. The molecular weight excluding hydrogens is 462 g/mol. The molecule has 1 aromatic heterocycles. The van der Waals surface area contributed by atoms with E-state index >= 15 is 0 Å². The van der Waals surface area contributed by atoms with Crippen molar-refractivity contribution in [1.82, 2.24) is 15.4 Å². The van der Waals surface area contributed by atoms with Gasteiger partial charge in [-0.25, -0.2) is 0 Å². The second kappa shape index (κ2) is 9.41. The van der Waals surface area contributed by atoms with Crippen molar-refractivity contribution >= 4 is 5.91 Å². The molecule has 3 aromatic rings. The van der Waals surface area contributed by atoms with Crippen LogP contribution in [0.1, 0.15) is 54.6 Å². The van der Waals surface area contributed by atoms with Crippen molar-refractivity contribution in [3.63, 3.8) is 0 Å². The van der Waals surface area contributed by atoms with Gasteiger partial charge in [-0.15, -0.1) is 0 Å². The highest BCUT2D eigenvalue weighted by atomic mass is 16.5. The summed E-state index contributed by atoms with van der Waals surface area (Å²) in [5, 5.41) is 7.54. The number of rotatable bonds is 6. The molecule has 4 bridgehead atoms. The van der Waals surface area contributed by atoms with Gasteiger partial charge in [0.05, 0.1) is 13.2 Å². The maximum atomic E-state index is 13.1. The Kier molecular flexibility index (Phi) is 5.89. The van der Waals surface area contributed by atoms with E-state index in [2.05, 4.69) is 51.8 Å². The second-order valence-electron chi connectivity index (χ2n) is 11.9. The molecule has 2 aromatic carbocycles. The lowest BCUT2D eigenvalue weighted by molar-refractivity contribution is -0.0168. The van der Waals surface area contributed by atoms with Crippen LogP contribution in [0, 0.1) is 17.8 Å². The fourth-order valence-corrected chi connectivity index (χ4v) is 7.78. The molecule has 192 valence electrons. The number of nitrogens with one attached hydrogen (secondary N) is 1. The lowest BCUT2D eigenvalue weighted by Gasteiger charge is -2.56. The number of nitrogens with zero attached hydrogens (tertiary/aromatic N) is 2. The van der Waals surface area contributed by atoms with E-state index in [1.54, 1.807) is 6.07 Å². The molecule has 6 heteroatoms. The summed E-state index contributed by atoms with van der Waals surface area (Å²) in [7, 11) is 0. The van der Waals surface area contributed by atoms with E-state index in [9.17, 15) is 4.79 Å². The third-order valence-electron chi connectivity index (χ3n) is 9.10. The van der Waals surface area contributed by atoms with Crippen molar-refractivity contribution in [2.75, 3.05) is 26.3 Å². The van der Waals surface area contributed by atoms with Crippen molar-refractivity contribution in [3.8, 4) is 22.5 Å². The van der Waals surface area contributed by atoms with Gasteiger partial charge in [0.2, 0.25) is 0 Å². The Labute approximate surface area is 218 Å². The number of amides is 1. The topological polar surface area (TPSA) is 67.6 Å². The Balaban J connectivity index is 1.03. The third kappa shape index (κ3) is 4.73. The molecule has 4 saturated carbocycles. The molecule has 4 aliphatic carbocycles. The molecule has 1 N–H and O–H groups in total. The largest absolute Gasteiger partial charge is 0.379 e. The quantitative estimate of drug-likeness (QED) is 0.484. The van der Waals surface area contributed by atoms with Crippen LogP contribution in [0.25, 0.3) is 22.5 Å². The van der Waals surface area contributed by atoms with Crippen molar-refractivity contribution in [2.24, 2.45) is 17.8 Å². The van der Waals surface area contributed by atoms with Crippen LogP contribution in [-0.2, 0) is 11.3 Å². The lowest BCUT2D eigenvalue weighted by atomic mass is 9.53. The molecule has 8 rings (SSSR count). The highest BCUT2D eigenvalue weighted by Gasteiger charge is 2.51. The standard InChI is InChI=1S/C31H35N3O3/c35-30(32-31-17-22-12-23(18-31)14-24(13-22)19-31)28-16-29(37-33-28)26-6-4-25(5-7-26)27-3-1-2-21(15-27)20-34-8-10-36-11-9-34/h1-7,15-16,22-24H,8-14,17-20H2,(H,32,35). The Bertz CT molecular complexity index is 1240. The van der Waals surface area contributed by atoms with Gasteiger partial charge in [0, 0.05) is 36.8 Å². The van der Waals surface area contributed by atoms with Crippen LogP contribution >= 0.6 is 0 Å². The molecule has 37 heavy (non-hydrogen) atoms. The number of morpholine rings is 1. The normalized spacial score (nSPS) is 28.9. The van der Waals surface area contributed by atoms with Gasteiger partial charge >= 0.3 is 0 Å². The average molecular weight is 498 g/mol. The van der Waals surface area contributed by atoms with E-state index in [4.69, 9.17) is 9.26 Å². The first-order valence-corrected chi connectivity index (χ1v) is 13.9. The highest BCUT2D eigenvalue weighted by molar-refractivity contribution is 5.93. The van der Waals surface area contributed by atoms with Gasteiger partial charge in [0.1, 0.15) is 0 Å². The van der Waals surface area contributed by atoms with Crippen LogP contribution in [0.4, 0.5) is 0 Å². The van der Waals surface area contributed by atoms with E-state index in [-0.39, 0.29) is 11.4 Å². The molecule has 2 heterocycles. The van der Waals surface area contributed by atoms with Gasteiger partial charge in [-0.05, 0) is 79.0 Å². The Morgan fingerprint density at radius 3 is 2.27 bits per heavy atom. The summed E-state index contributed by atoms with van der Waals surface area (Å²) in [4.78, 5) is 15.6. The molecule has 0 radical (unpaired) electrons. The Morgan fingerprint density at radius 1 is 0.892 bits per heavy atom. The number of carbonyl (C=O) groups is 1. The average Bonchev–Trinajstić information content (AvgIpc) is 3.39. The van der Waals surface area contributed by atoms with Gasteiger partial charge < -0.3 is 14.6 Å². The Hall–Kier alpha value is -2.96. The molecule has 0 unspecified atom stereocenters. The van der Waals surface area contributed by atoms with Crippen LogP contribution in [0.2, 0.25) is 0 Å². The van der Waals surface area contributed by atoms with Crippen molar-refractivity contribution < 1.29 is 14.1 Å². The zero-order valence-corrected chi connectivity index (χ0v) is 21.3. The summed E-state index contributed by atoms with van der Waals surface area (Å²) < 4.78 is 11.1. The minimum Gasteiger partial charge on any atom is -0.379 e. The molecule has 1 aliphatic heterocycles. The van der Waals surface area contributed by atoms with Gasteiger partial charge in [-0.3, -0.25) is 9.69 Å². The van der Waals surface area contributed by atoms with Crippen molar-refractivity contribution in [2.45, 2.75) is 50.6 Å². The van der Waals surface area contributed by atoms with E-state index in [1.165, 1.54) is 30.4 Å². The zero-order chi connectivity index (χ0) is 24.8. The van der Waals surface area contributed by atoms with Crippen LogP contribution in [0.15, 0.2) is 59.1 Å². The van der Waals surface area contributed by atoms with Gasteiger partial charge in [0.15, 0.2) is 11.5 Å². The third-order valence-corrected chi connectivity index (χ3v) is 9.10. The molecule has 6 nitrogen and oxygen atoms in total. The monoisotopic (exact) mass is 497 g/mol. The summed E-state index contributed by atoms with van der Waals surface area (Å²) >= 11 is 0. The molecule has 1 saturated heterocycles. The molecule has 5 fully saturated rings. The van der Waals surface area contributed by atoms with Crippen LogP contribution in [-0.4, -0.2) is 47.8 Å². The first-order valence-electron chi connectivity index (χ1n) is 13.9. The van der Waals surface area contributed by atoms with Gasteiger partial charge in [-0.2, -0.15) is 0 Å². The van der Waals surface area contributed by atoms with E-state index < -0.39 is 0 Å². The number of hydrogen-bond acceptors (Lipinski definition) is 5. The van der Waals surface area contributed by atoms with Crippen molar-refractivity contribution in [1.29, 1.82) is 0 Å². The summed E-state index contributed by atoms with van der Waals surface area (Å²) in [5.74, 6) is 2.91. The van der Waals surface area contributed by atoms with Crippen LogP contribution < -0.4 is 5.32 Å². The zero-order valence-electron chi connectivity index (χ0n) is 21.3. The molecule has 5 aliphatic rings. The minimum atomic E-state index is -0.0920. The maximum absolute atomic E-state index is 13.1. The molecule has 0 atom stereocenters. The fourth-order valence-electron chi connectivity index (χ4n) is 7.78. The predicted octanol–water partition coefficient (Wildman–Crippen LogP) is 5.54. The van der Waals surface area contributed by atoms with E-state index in [0.717, 1.165) is 81.0 Å². The molecular formula is C31H35N3O3. The van der Waals surface area contributed by atoms with E-state index in [1.807, 2.05) is 12.1 Å². The smallest absolute Gasteiger partial charge is 0.273 e. The predicted molar refractivity (Wildman–Crippen MR) is 142 cm³/mol. The first-order chi connectivity index (χ1) is 18.1. The number of ether oxygens (including phenoxy) is 1. The number of aromatic nitrogens is 1. The van der Waals surface area contributed by atoms with Crippen LogP contribution in [0.3, 0.4) is 0 Å². The van der Waals surface area contributed by atoms with E-state index in [0.29, 0.717) is 11.5 Å². The summed E-state index contributed by atoms with van der Waals surface area (Å²) in [5.41, 5.74) is 4.95. The first kappa shape index (κ1) is 23.2.